The fourth-order valence-electron chi connectivity index (χ4n) is 1.43. The number of nitrogens with one attached hydrogen (secondary N) is 1. The van der Waals surface area contributed by atoms with Gasteiger partial charge in [0.2, 0.25) is 5.94 Å². The number of carbonyl (C=O) groups is 1. The maximum absolute atomic E-state index is 11.2. The molecule has 1 unspecified atom stereocenters. The van der Waals surface area contributed by atoms with Gasteiger partial charge in [0.1, 0.15) is 11.8 Å². The van der Waals surface area contributed by atoms with Gasteiger partial charge >= 0.3 is 5.97 Å². The van der Waals surface area contributed by atoms with Crippen molar-refractivity contribution in [2.24, 2.45) is 5.73 Å². The molecule has 0 aliphatic carbocycles. The van der Waals surface area contributed by atoms with Gasteiger partial charge in [-0.2, -0.15) is 0 Å². The molecule has 1 heterocycles. The molecule has 2 rings (SSSR count). The van der Waals surface area contributed by atoms with Gasteiger partial charge in [-0.3, -0.25) is 9.52 Å². The van der Waals surface area contributed by atoms with Gasteiger partial charge in [0.25, 0.3) is 10.0 Å². The Morgan fingerprint density at radius 3 is 2.88 bits per heavy atom. The molecule has 17 heavy (non-hydrogen) atoms. The van der Waals surface area contributed by atoms with Gasteiger partial charge in [-0.1, -0.05) is 6.07 Å². The quantitative estimate of drug-likeness (QED) is 0.679. The summed E-state index contributed by atoms with van der Waals surface area (Å²) in [4.78, 5) is 10.7. The van der Waals surface area contributed by atoms with Crippen LogP contribution < -0.4 is 15.2 Å². The zero-order chi connectivity index (χ0) is 12.6. The van der Waals surface area contributed by atoms with Crippen LogP contribution in [0.4, 0.5) is 5.69 Å². The van der Waals surface area contributed by atoms with Crippen LogP contribution >= 0.6 is 0 Å². The fourth-order valence-corrected chi connectivity index (χ4v) is 2.26. The normalized spacial score (nSPS) is 18.4. The van der Waals surface area contributed by atoms with Gasteiger partial charge < -0.3 is 15.6 Å². The maximum atomic E-state index is 11.2. The second kappa shape index (κ2) is 3.90. The van der Waals surface area contributed by atoms with Crippen LogP contribution in [0.3, 0.4) is 0 Å². The molecule has 92 valence electrons. The van der Waals surface area contributed by atoms with Crippen molar-refractivity contribution in [3.05, 3.63) is 23.8 Å². The SMILES string of the molecule is NC(C(=O)O)c1ccc2c(c1)NS(=O)(=O)CO2. The summed E-state index contributed by atoms with van der Waals surface area (Å²) in [5.74, 6) is -1.30. The molecule has 1 atom stereocenters. The molecule has 0 spiro atoms. The third-order valence-corrected chi connectivity index (χ3v) is 3.22. The van der Waals surface area contributed by atoms with Crippen molar-refractivity contribution in [3.63, 3.8) is 0 Å². The van der Waals surface area contributed by atoms with E-state index >= 15 is 0 Å². The highest BCUT2D eigenvalue weighted by molar-refractivity contribution is 7.92. The Bertz CT molecular complexity index is 569. The second-order valence-electron chi connectivity index (χ2n) is 3.55. The lowest BCUT2D eigenvalue weighted by molar-refractivity contribution is -0.138. The molecule has 0 fully saturated rings. The van der Waals surface area contributed by atoms with Crippen molar-refractivity contribution in [2.75, 3.05) is 10.7 Å². The van der Waals surface area contributed by atoms with Crippen LogP contribution in [0.5, 0.6) is 5.75 Å². The first-order valence-electron chi connectivity index (χ1n) is 4.65. The third-order valence-electron chi connectivity index (χ3n) is 2.26. The number of nitrogens with two attached hydrogens (primary N) is 1. The van der Waals surface area contributed by atoms with E-state index in [9.17, 15) is 13.2 Å². The molecule has 1 aliphatic rings. The van der Waals surface area contributed by atoms with E-state index in [1.165, 1.54) is 18.2 Å². The van der Waals surface area contributed by atoms with E-state index in [0.717, 1.165) is 0 Å². The Hall–Kier alpha value is -1.80. The molecular formula is C9H10N2O5S. The Morgan fingerprint density at radius 1 is 1.53 bits per heavy atom. The molecule has 0 radical (unpaired) electrons. The number of ether oxygens (including phenoxy) is 1. The fraction of sp³-hybridized carbons (Fsp3) is 0.222. The number of aliphatic carboxylic acids is 1. The maximum Gasteiger partial charge on any atom is 0.325 e. The lowest BCUT2D eigenvalue weighted by Crippen LogP contribution is -2.26. The van der Waals surface area contributed by atoms with E-state index in [4.69, 9.17) is 15.6 Å². The van der Waals surface area contributed by atoms with Crippen LogP contribution in [0.25, 0.3) is 0 Å². The van der Waals surface area contributed by atoms with Crippen LogP contribution in [0.1, 0.15) is 11.6 Å². The number of rotatable bonds is 2. The zero-order valence-corrected chi connectivity index (χ0v) is 9.40. The zero-order valence-electron chi connectivity index (χ0n) is 8.58. The Kier molecular flexibility index (Phi) is 2.68. The summed E-state index contributed by atoms with van der Waals surface area (Å²) in [5.41, 5.74) is 5.92. The van der Waals surface area contributed by atoms with Crippen molar-refractivity contribution in [1.82, 2.24) is 0 Å². The van der Waals surface area contributed by atoms with Crippen molar-refractivity contribution in [1.29, 1.82) is 0 Å². The molecule has 1 aromatic rings. The smallest absolute Gasteiger partial charge is 0.325 e. The number of benzene rings is 1. The van der Waals surface area contributed by atoms with Crippen LogP contribution in [0.2, 0.25) is 0 Å². The molecule has 4 N–H and O–H groups in total. The molecule has 0 saturated carbocycles. The number of anilines is 1. The molecule has 0 amide bonds. The predicted octanol–water partition coefficient (Wildman–Crippen LogP) is -0.137. The number of fused-ring (bicyclic) bond motifs is 1. The summed E-state index contributed by atoms with van der Waals surface area (Å²) in [5, 5.41) is 8.75. The van der Waals surface area contributed by atoms with Crippen LogP contribution in [0, 0.1) is 0 Å². The average molecular weight is 258 g/mol. The highest BCUT2D eigenvalue weighted by Crippen LogP contribution is 2.31. The molecule has 0 saturated heterocycles. The second-order valence-corrected chi connectivity index (χ2v) is 5.22. The van der Waals surface area contributed by atoms with Gasteiger partial charge in [-0.15, -0.1) is 0 Å². The molecule has 8 heteroatoms. The minimum atomic E-state index is -3.52. The topological polar surface area (TPSA) is 119 Å². The van der Waals surface area contributed by atoms with Gasteiger partial charge in [0.05, 0.1) is 5.69 Å². The third kappa shape index (κ3) is 2.32. The van der Waals surface area contributed by atoms with E-state index < -0.39 is 28.0 Å². The van der Waals surface area contributed by atoms with Crippen LogP contribution in [0.15, 0.2) is 18.2 Å². The van der Waals surface area contributed by atoms with Crippen molar-refractivity contribution in [2.45, 2.75) is 6.04 Å². The molecule has 0 bridgehead atoms. The molecule has 1 aliphatic heterocycles. The average Bonchev–Trinajstić information content (AvgIpc) is 2.25. The number of carboxylic acid groups (broad SMARTS) is 1. The molecular weight excluding hydrogens is 248 g/mol. The van der Waals surface area contributed by atoms with E-state index in [2.05, 4.69) is 4.72 Å². The first-order valence-corrected chi connectivity index (χ1v) is 6.30. The Morgan fingerprint density at radius 2 is 2.24 bits per heavy atom. The summed E-state index contributed by atoms with van der Waals surface area (Å²) < 4.78 is 29.8. The van der Waals surface area contributed by atoms with Crippen molar-refractivity contribution < 1.29 is 23.1 Å². The summed E-state index contributed by atoms with van der Waals surface area (Å²) in [6.07, 6.45) is 0. The van der Waals surface area contributed by atoms with Crippen LogP contribution in [-0.4, -0.2) is 25.4 Å². The number of hydrogen-bond donors (Lipinski definition) is 3. The number of carboxylic acids is 1. The summed E-state index contributed by atoms with van der Waals surface area (Å²) in [6, 6.07) is 3.11. The molecule has 0 aromatic heterocycles. The standard InChI is InChI=1S/C9H10N2O5S/c10-8(9(12)13)5-1-2-7-6(3-5)11-17(14,15)4-16-7/h1-3,8,11H,4,10H2,(H,12,13). The molecule has 7 nitrogen and oxygen atoms in total. The minimum Gasteiger partial charge on any atom is -0.480 e. The van der Waals surface area contributed by atoms with E-state index in [-0.39, 0.29) is 5.69 Å². The Balaban J connectivity index is 2.40. The van der Waals surface area contributed by atoms with E-state index in [1.54, 1.807) is 0 Å². The molecule has 1 aromatic carbocycles. The summed E-state index contributed by atoms with van der Waals surface area (Å²) in [7, 11) is -3.52. The van der Waals surface area contributed by atoms with Crippen LogP contribution in [-0.2, 0) is 14.8 Å². The van der Waals surface area contributed by atoms with Gasteiger partial charge in [-0.05, 0) is 17.7 Å². The first kappa shape index (κ1) is 11.7. The van der Waals surface area contributed by atoms with E-state index in [1.807, 2.05) is 0 Å². The lowest BCUT2D eigenvalue weighted by Gasteiger charge is -2.20. The van der Waals surface area contributed by atoms with Crippen molar-refractivity contribution in [3.8, 4) is 5.75 Å². The highest BCUT2D eigenvalue weighted by atomic mass is 32.2. The van der Waals surface area contributed by atoms with E-state index in [0.29, 0.717) is 11.3 Å². The highest BCUT2D eigenvalue weighted by Gasteiger charge is 2.23. The summed E-state index contributed by atoms with van der Waals surface area (Å²) >= 11 is 0. The lowest BCUT2D eigenvalue weighted by atomic mass is 10.1. The minimum absolute atomic E-state index is 0.199. The van der Waals surface area contributed by atoms with Crippen molar-refractivity contribution >= 4 is 21.7 Å². The Labute approximate surface area is 97.2 Å². The van der Waals surface area contributed by atoms with Gasteiger partial charge in [-0.25, -0.2) is 8.42 Å². The summed E-state index contributed by atoms with van der Waals surface area (Å²) in [6.45, 7) is 0. The predicted molar refractivity (Wildman–Crippen MR) is 59.0 cm³/mol. The first-order chi connectivity index (χ1) is 7.89. The largest absolute Gasteiger partial charge is 0.480 e. The number of sulfonamides is 1. The van der Waals surface area contributed by atoms with Gasteiger partial charge in [0, 0.05) is 0 Å². The van der Waals surface area contributed by atoms with Gasteiger partial charge in [0.15, 0.2) is 0 Å². The monoisotopic (exact) mass is 258 g/mol. The number of hydrogen-bond acceptors (Lipinski definition) is 5.